The average Bonchev–Trinajstić information content (AvgIpc) is 3.09. The van der Waals surface area contributed by atoms with E-state index in [0.29, 0.717) is 24.2 Å². The molecule has 1 fully saturated rings. The van der Waals surface area contributed by atoms with Gasteiger partial charge in [-0.05, 0) is 18.9 Å². The molecule has 0 aromatic heterocycles. The van der Waals surface area contributed by atoms with Crippen LogP contribution in [0.2, 0.25) is 0 Å². The Balaban J connectivity index is 2.54. The normalized spacial score (nSPS) is 16.4. The van der Waals surface area contributed by atoms with Crippen molar-refractivity contribution in [3.8, 4) is 17.2 Å². The highest BCUT2D eigenvalue weighted by atomic mass is 16.5. The van der Waals surface area contributed by atoms with E-state index in [-0.39, 0.29) is 11.5 Å². The summed E-state index contributed by atoms with van der Waals surface area (Å²) in [5.41, 5.74) is -0.563. The fourth-order valence-corrected chi connectivity index (χ4v) is 2.02. The smallest absolute Gasteiger partial charge is 0.314 e. The summed E-state index contributed by atoms with van der Waals surface area (Å²) in [6, 6.07) is 3.19. The van der Waals surface area contributed by atoms with Crippen LogP contribution in [0, 0.1) is 0 Å². The molecule has 1 aliphatic rings. The van der Waals surface area contributed by atoms with Gasteiger partial charge in [-0.1, -0.05) is 6.07 Å². The summed E-state index contributed by atoms with van der Waals surface area (Å²) in [6.45, 7) is 0. The van der Waals surface area contributed by atoms with E-state index in [9.17, 15) is 15.0 Å². The van der Waals surface area contributed by atoms with Crippen LogP contribution in [0.3, 0.4) is 0 Å². The summed E-state index contributed by atoms with van der Waals surface area (Å²) in [6.07, 6.45) is 1.07. The minimum Gasteiger partial charge on any atom is -0.504 e. The van der Waals surface area contributed by atoms with Crippen LogP contribution in [0.5, 0.6) is 17.2 Å². The fraction of sp³-hybridized carbons (Fsp3) is 0.417. The topological polar surface area (TPSA) is 76.0 Å². The molecule has 5 nitrogen and oxygen atoms in total. The number of carboxylic acid groups (broad SMARTS) is 1. The number of aliphatic carboxylic acids is 1. The van der Waals surface area contributed by atoms with Crippen molar-refractivity contribution in [2.75, 3.05) is 14.2 Å². The molecule has 0 saturated heterocycles. The number of carbonyl (C=O) groups is 1. The van der Waals surface area contributed by atoms with E-state index in [1.54, 1.807) is 12.1 Å². The highest BCUT2D eigenvalue weighted by molar-refractivity contribution is 5.86. The molecule has 5 heteroatoms. The molecule has 0 spiro atoms. The minimum absolute atomic E-state index is 0.147. The Morgan fingerprint density at radius 2 is 1.94 bits per heavy atom. The quantitative estimate of drug-likeness (QED) is 0.831. The van der Waals surface area contributed by atoms with Crippen LogP contribution in [-0.2, 0) is 10.2 Å². The van der Waals surface area contributed by atoms with Crippen molar-refractivity contribution < 1.29 is 24.5 Å². The molecule has 1 aliphatic carbocycles. The Morgan fingerprint density at radius 1 is 1.29 bits per heavy atom. The second kappa shape index (κ2) is 3.84. The number of aromatic hydroxyl groups is 1. The van der Waals surface area contributed by atoms with E-state index < -0.39 is 11.4 Å². The van der Waals surface area contributed by atoms with Crippen molar-refractivity contribution in [3.05, 3.63) is 17.7 Å². The Hall–Kier alpha value is -1.91. The van der Waals surface area contributed by atoms with Gasteiger partial charge < -0.3 is 19.7 Å². The van der Waals surface area contributed by atoms with Gasteiger partial charge in [0.05, 0.1) is 19.6 Å². The van der Waals surface area contributed by atoms with Gasteiger partial charge in [0.1, 0.15) is 0 Å². The average molecular weight is 238 g/mol. The fourth-order valence-electron chi connectivity index (χ4n) is 2.02. The molecular formula is C12H14O5. The summed E-state index contributed by atoms with van der Waals surface area (Å²) in [5.74, 6) is -0.501. The van der Waals surface area contributed by atoms with Gasteiger partial charge in [-0.15, -0.1) is 0 Å². The monoisotopic (exact) mass is 238 g/mol. The third-order valence-electron chi connectivity index (χ3n) is 3.19. The number of hydrogen-bond acceptors (Lipinski definition) is 4. The molecule has 1 saturated carbocycles. The number of methoxy groups -OCH3 is 2. The van der Waals surface area contributed by atoms with Crippen LogP contribution in [0.25, 0.3) is 0 Å². The number of phenols is 1. The van der Waals surface area contributed by atoms with Crippen molar-refractivity contribution in [3.63, 3.8) is 0 Å². The first-order chi connectivity index (χ1) is 8.06. The van der Waals surface area contributed by atoms with E-state index in [2.05, 4.69) is 0 Å². The zero-order chi connectivity index (χ0) is 12.6. The third kappa shape index (κ3) is 1.58. The number of rotatable bonds is 4. The lowest BCUT2D eigenvalue weighted by Crippen LogP contribution is -2.19. The van der Waals surface area contributed by atoms with Crippen LogP contribution in [-0.4, -0.2) is 30.4 Å². The van der Waals surface area contributed by atoms with E-state index in [4.69, 9.17) is 9.47 Å². The van der Waals surface area contributed by atoms with Crippen molar-refractivity contribution in [2.45, 2.75) is 18.3 Å². The van der Waals surface area contributed by atoms with Crippen LogP contribution in [0.1, 0.15) is 18.4 Å². The maximum Gasteiger partial charge on any atom is 0.314 e. The van der Waals surface area contributed by atoms with Gasteiger partial charge >= 0.3 is 5.97 Å². The van der Waals surface area contributed by atoms with E-state index in [0.717, 1.165) is 0 Å². The summed E-state index contributed by atoms with van der Waals surface area (Å²) in [7, 11) is 2.86. The van der Waals surface area contributed by atoms with Crippen LogP contribution in [0.4, 0.5) is 0 Å². The van der Waals surface area contributed by atoms with Gasteiger partial charge in [-0.25, -0.2) is 0 Å². The lowest BCUT2D eigenvalue weighted by atomic mass is 9.94. The molecule has 0 atom stereocenters. The molecule has 2 N–H and O–H groups in total. The lowest BCUT2D eigenvalue weighted by molar-refractivity contribution is -0.140. The molecule has 0 heterocycles. The van der Waals surface area contributed by atoms with E-state index in [1.807, 2.05) is 0 Å². The molecule has 0 bridgehead atoms. The van der Waals surface area contributed by atoms with Crippen LogP contribution >= 0.6 is 0 Å². The second-order valence-corrected chi connectivity index (χ2v) is 4.08. The molecule has 1 aromatic carbocycles. The standard InChI is InChI=1S/C12H14O5/c1-16-8-4-3-7(9(13)10(8)17-2)12(5-6-12)11(14)15/h3-4,13H,5-6H2,1-2H3,(H,14,15). The summed E-state index contributed by atoms with van der Waals surface area (Å²) < 4.78 is 10.1. The number of ether oxygens (including phenoxy) is 2. The van der Waals surface area contributed by atoms with E-state index in [1.165, 1.54) is 14.2 Å². The molecule has 0 aliphatic heterocycles. The maximum absolute atomic E-state index is 11.2. The van der Waals surface area contributed by atoms with Crippen molar-refractivity contribution in [2.24, 2.45) is 0 Å². The summed E-state index contributed by atoms with van der Waals surface area (Å²) in [5, 5.41) is 19.2. The largest absolute Gasteiger partial charge is 0.504 e. The first-order valence-corrected chi connectivity index (χ1v) is 5.24. The van der Waals surface area contributed by atoms with E-state index >= 15 is 0 Å². The predicted molar refractivity (Wildman–Crippen MR) is 59.8 cm³/mol. The molecule has 0 amide bonds. The van der Waals surface area contributed by atoms with Crippen molar-refractivity contribution in [1.29, 1.82) is 0 Å². The molecule has 1 aromatic rings. The van der Waals surface area contributed by atoms with Crippen LogP contribution in [0.15, 0.2) is 12.1 Å². The van der Waals surface area contributed by atoms with Gasteiger partial charge in [-0.2, -0.15) is 0 Å². The summed E-state index contributed by atoms with van der Waals surface area (Å²) >= 11 is 0. The van der Waals surface area contributed by atoms with Gasteiger partial charge in [0.2, 0.25) is 5.75 Å². The molecule has 0 unspecified atom stereocenters. The number of hydrogen-bond donors (Lipinski definition) is 2. The van der Waals surface area contributed by atoms with Gasteiger partial charge in [-0.3, -0.25) is 4.79 Å². The summed E-state index contributed by atoms with van der Waals surface area (Å²) in [4.78, 5) is 11.2. The molecule has 92 valence electrons. The molecule has 17 heavy (non-hydrogen) atoms. The Bertz CT molecular complexity index is 462. The third-order valence-corrected chi connectivity index (χ3v) is 3.19. The predicted octanol–water partition coefficient (Wildman–Crippen LogP) is 1.53. The Kier molecular flexibility index (Phi) is 2.61. The first-order valence-electron chi connectivity index (χ1n) is 5.24. The minimum atomic E-state index is -0.955. The maximum atomic E-state index is 11.2. The van der Waals surface area contributed by atoms with Gasteiger partial charge in [0.15, 0.2) is 11.5 Å². The SMILES string of the molecule is COc1ccc(C2(C(=O)O)CC2)c(O)c1OC. The molecular weight excluding hydrogens is 224 g/mol. The second-order valence-electron chi connectivity index (χ2n) is 4.08. The number of carboxylic acids is 1. The van der Waals surface area contributed by atoms with Crippen molar-refractivity contribution in [1.82, 2.24) is 0 Å². The number of benzene rings is 1. The zero-order valence-electron chi connectivity index (χ0n) is 9.69. The highest BCUT2D eigenvalue weighted by Gasteiger charge is 2.53. The van der Waals surface area contributed by atoms with Crippen LogP contribution < -0.4 is 9.47 Å². The van der Waals surface area contributed by atoms with Gasteiger partial charge in [0, 0.05) is 5.56 Å². The zero-order valence-corrected chi connectivity index (χ0v) is 9.69. The highest BCUT2D eigenvalue weighted by Crippen LogP contribution is 2.54. The Labute approximate surface area is 98.6 Å². The molecule has 0 radical (unpaired) electrons. The van der Waals surface area contributed by atoms with Gasteiger partial charge in [0.25, 0.3) is 0 Å². The lowest BCUT2D eigenvalue weighted by Gasteiger charge is -2.16. The number of phenolic OH excluding ortho intramolecular Hbond substituents is 1. The first kappa shape index (κ1) is 11.6. The Morgan fingerprint density at radius 3 is 2.35 bits per heavy atom. The van der Waals surface area contributed by atoms with Crippen molar-refractivity contribution >= 4 is 5.97 Å². The molecule has 2 rings (SSSR count).